The molecule has 2 atom stereocenters. The van der Waals surface area contributed by atoms with Crippen LogP contribution in [0.4, 0.5) is 20.6 Å². The van der Waals surface area contributed by atoms with Crippen molar-refractivity contribution >= 4 is 46.0 Å². The number of H-pyrrole nitrogens is 1. The average Bonchev–Trinajstić information content (AvgIpc) is 3.91. The summed E-state index contributed by atoms with van der Waals surface area (Å²) in [5.74, 6) is 0.0160. The topological polar surface area (TPSA) is 164 Å². The predicted octanol–water partition coefficient (Wildman–Crippen LogP) is 7.83. The van der Waals surface area contributed by atoms with Crippen molar-refractivity contribution in [3.8, 4) is 28.3 Å². The van der Waals surface area contributed by atoms with Crippen molar-refractivity contribution in [1.82, 2.24) is 29.7 Å². The fourth-order valence-corrected chi connectivity index (χ4v) is 10.5. The number of likely N-dealkylation sites (tertiary alicyclic amines) is 3. The number of carbonyl (C=O) groups excluding carboxylic acids is 4. The molecule has 0 saturated carbocycles. The number of ether oxygens (including phenoxy) is 1. The van der Waals surface area contributed by atoms with E-state index in [2.05, 4.69) is 63.3 Å². The van der Waals surface area contributed by atoms with Gasteiger partial charge in [0.15, 0.2) is 0 Å². The lowest BCUT2D eigenvalue weighted by Crippen LogP contribution is -2.48. The highest BCUT2D eigenvalue weighted by Gasteiger charge is 2.39. The second kappa shape index (κ2) is 18.6. The summed E-state index contributed by atoms with van der Waals surface area (Å²) in [6, 6.07) is 18.1. The number of nitrogens with zero attached hydrogens (tertiary/aromatic N) is 6. The average molecular weight is 899 g/mol. The van der Waals surface area contributed by atoms with Gasteiger partial charge in [0, 0.05) is 79.5 Å². The van der Waals surface area contributed by atoms with Gasteiger partial charge in [0.1, 0.15) is 29.3 Å². The number of rotatable bonds is 10. The lowest BCUT2D eigenvalue weighted by molar-refractivity contribution is -0.128. The predicted molar refractivity (Wildman–Crippen MR) is 251 cm³/mol. The fourth-order valence-electron chi connectivity index (χ4n) is 10.5. The van der Waals surface area contributed by atoms with E-state index in [-0.39, 0.29) is 60.9 Å². The van der Waals surface area contributed by atoms with Crippen LogP contribution in [0.1, 0.15) is 80.3 Å². The highest BCUT2D eigenvalue weighted by molar-refractivity contribution is 6.09. The summed E-state index contributed by atoms with van der Waals surface area (Å²) in [5, 5.41) is 14.2. The van der Waals surface area contributed by atoms with Crippen LogP contribution in [0.5, 0.6) is 5.75 Å². The molecule has 0 radical (unpaired) electrons. The number of β-amino-alcohol motifs (C(OH)–C–C–N with tert-alkyl or cyclic N) is 1. The van der Waals surface area contributed by atoms with Gasteiger partial charge in [-0.15, -0.1) is 0 Å². The Balaban J connectivity index is 0.804. The lowest BCUT2D eigenvalue weighted by Gasteiger charge is -2.47. The minimum atomic E-state index is -0.586. The zero-order chi connectivity index (χ0) is 46.3. The van der Waals surface area contributed by atoms with Crippen molar-refractivity contribution in [2.24, 2.45) is 17.3 Å². The van der Waals surface area contributed by atoms with Crippen molar-refractivity contribution < 1.29 is 33.4 Å². The van der Waals surface area contributed by atoms with Crippen LogP contribution in [0.15, 0.2) is 67.0 Å². The summed E-state index contributed by atoms with van der Waals surface area (Å²) < 4.78 is 20.8. The van der Waals surface area contributed by atoms with E-state index >= 15 is 4.39 Å². The Labute approximate surface area is 384 Å². The molecule has 0 bridgehead atoms. The highest BCUT2D eigenvalue weighted by Crippen LogP contribution is 2.43. The molecule has 0 unspecified atom stereocenters. The van der Waals surface area contributed by atoms with Crippen molar-refractivity contribution in [3.63, 3.8) is 0 Å². The van der Waals surface area contributed by atoms with Gasteiger partial charge in [-0.2, -0.15) is 0 Å². The molecule has 2 aromatic heterocycles. The van der Waals surface area contributed by atoms with Crippen LogP contribution in [-0.4, -0.2) is 117 Å². The van der Waals surface area contributed by atoms with E-state index in [0.29, 0.717) is 70.7 Å². The van der Waals surface area contributed by atoms with E-state index in [9.17, 15) is 24.3 Å². The normalized spacial score (nSPS) is 20.2. The van der Waals surface area contributed by atoms with E-state index in [0.717, 1.165) is 68.4 Å². The number of piperidine rings is 3. The molecule has 14 nitrogen and oxygen atoms in total. The molecule has 5 aromatic rings. The van der Waals surface area contributed by atoms with Crippen LogP contribution in [0.3, 0.4) is 0 Å². The third-order valence-electron chi connectivity index (χ3n) is 14.4. The van der Waals surface area contributed by atoms with Crippen LogP contribution in [0.2, 0.25) is 0 Å². The number of benzene rings is 3. The summed E-state index contributed by atoms with van der Waals surface area (Å²) in [6.45, 7) is 11.2. The van der Waals surface area contributed by atoms with Gasteiger partial charge in [0.25, 0.3) is 5.91 Å². The number of aromatic amines is 1. The number of halogens is 1. The molecule has 15 heteroatoms. The smallest absolute Gasteiger partial charge is 0.321 e. The minimum Gasteiger partial charge on any atom is -0.495 e. The monoisotopic (exact) mass is 898 g/mol. The molecule has 346 valence electrons. The van der Waals surface area contributed by atoms with Crippen molar-refractivity contribution in [2.45, 2.75) is 78.4 Å². The summed E-state index contributed by atoms with van der Waals surface area (Å²) >= 11 is 0. The molecule has 0 aliphatic carbocycles. The summed E-state index contributed by atoms with van der Waals surface area (Å²) in [4.78, 5) is 71.8. The largest absolute Gasteiger partial charge is 0.495 e. The number of Topliss-reactive ketones (excluding diaryl/α,β-unsaturated/α-hetero) is 1. The zero-order valence-corrected chi connectivity index (χ0v) is 38.2. The number of aliphatic hydroxyl groups is 1. The van der Waals surface area contributed by atoms with Crippen LogP contribution < -0.4 is 15.0 Å². The first-order valence-electron chi connectivity index (χ1n) is 23.3. The molecule has 4 saturated heterocycles. The Morgan fingerprint density at radius 3 is 2.39 bits per heavy atom. The number of fused-ring (bicyclic) bond motifs is 1. The number of amides is 4. The van der Waals surface area contributed by atoms with Crippen LogP contribution >= 0.6 is 0 Å². The summed E-state index contributed by atoms with van der Waals surface area (Å²) in [5.41, 5.74) is 7.07. The number of methoxy groups -OCH3 is 1. The van der Waals surface area contributed by atoms with Gasteiger partial charge in [0.2, 0.25) is 5.91 Å². The molecule has 3 N–H and O–H groups in total. The van der Waals surface area contributed by atoms with Gasteiger partial charge in [-0.3, -0.25) is 19.3 Å². The van der Waals surface area contributed by atoms with E-state index < -0.39 is 11.9 Å². The summed E-state index contributed by atoms with van der Waals surface area (Å²) in [7, 11) is 1.54. The number of anilines is 2. The first-order valence-corrected chi connectivity index (χ1v) is 23.3. The molecule has 1 spiro atoms. The van der Waals surface area contributed by atoms with Gasteiger partial charge < -0.3 is 34.8 Å². The zero-order valence-electron chi connectivity index (χ0n) is 38.2. The number of aliphatic hydroxyl groups excluding tert-OH is 1. The Morgan fingerprint density at radius 2 is 1.68 bits per heavy atom. The number of urea groups is 1. The first kappa shape index (κ1) is 45.0. The number of carbonyl (C=O) groups is 4. The fraction of sp³-hybridized carbons (Fsp3) is 0.451. The number of hydrogen-bond donors (Lipinski definition) is 3. The van der Waals surface area contributed by atoms with Crippen molar-refractivity contribution in [2.75, 3.05) is 63.1 Å². The van der Waals surface area contributed by atoms with Crippen LogP contribution in [0, 0.1) is 30.0 Å². The molecule has 6 heterocycles. The maximum Gasteiger partial charge on any atom is 0.321 e. The van der Waals surface area contributed by atoms with Gasteiger partial charge in [-0.05, 0) is 117 Å². The minimum absolute atomic E-state index is 0.00866. The molecule has 4 aliphatic rings. The van der Waals surface area contributed by atoms with E-state index in [4.69, 9.17) is 4.74 Å². The Bertz CT molecular complexity index is 2650. The van der Waals surface area contributed by atoms with Gasteiger partial charge >= 0.3 is 6.03 Å². The molecule has 66 heavy (non-hydrogen) atoms. The molecule has 4 fully saturated rings. The molecular formula is C51H59FN8O6. The maximum atomic E-state index is 15.3. The standard InChI is InChI=1S/C51H59FN8O6/c1-31(2)21-36-28-59(29-44(36)62)50(65)56-41-24-37(52)23-39(32(41)3)47-40-26-42(55-48(40)54-30-53-47)34-7-5-33(6-8-34)27-57-17-12-51(13-18-57)14-19-58(20-15-51)49(64)35-9-10-45(66-4)43(22-35)60-16-11-38(61)25-46(60)63/h5-10,22-24,26,30-31,36,44,62H,11-21,25,27-29H2,1-4H3,(H,56,65)(H,53,54,55)/t36-,44-/m1/s1. The molecular weight excluding hydrogens is 840 g/mol. The third-order valence-corrected chi connectivity index (χ3v) is 14.4. The highest BCUT2D eigenvalue weighted by atomic mass is 19.1. The Kier molecular flexibility index (Phi) is 12.7. The summed E-state index contributed by atoms with van der Waals surface area (Å²) in [6.07, 6.45) is 5.91. The number of nitrogens with one attached hydrogen (secondary N) is 2. The van der Waals surface area contributed by atoms with E-state index in [1.807, 2.05) is 17.9 Å². The quantitative estimate of drug-likeness (QED) is 0.119. The van der Waals surface area contributed by atoms with Crippen molar-refractivity contribution in [1.29, 1.82) is 0 Å². The number of hydrogen-bond acceptors (Lipinski definition) is 9. The molecule has 4 amide bonds. The second-order valence-electron chi connectivity index (χ2n) is 19.2. The number of aromatic nitrogens is 3. The van der Waals surface area contributed by atoms with Gasteiger partial charge in [-0.25, -0.2) is 19.2 Å². The number of ketones is 1. The first-order chi connectivity index (χ1) is 31.8. The SMILES string of the molecule is COc1ccc(C(=O)N2CCC3(CCN(Cc4ccc(-c5cc6c(-c7cc(F)cc(NC(=O)N8C[C@@H](CC(C)C)[C@H](O)C8)c7C)ncnc6[nH]5)cc4)CC3)CC2)cc1N1CCC(=O)CC1=O. The van der Waals surface area contributed by atoms with E-state index in [1.54, 1.807) is 28.0 Å². The molecule has 9 rings (SSSR count). The van der Waals surface area contributed by atoms with E-state index in [1.165, 1.54) is 31.1 Å². The van der Waals surface area contributed by atoms with Gasteiger partial charge in [0.05, 0.1) is 31.0 Å². The molecule has 3 aromatic carbocycles. The maximum absolute atomic E-state index is 15.3. The Morgan fingerprint density at radius 1 is 0.939 bits per heavy atom. The van der Waals surface area contributed by atoms with Crippen LogP contribution in [-0.2, 0) is 16.1 Å². The van der Waals surface area contributed by atoms with Gasteiger partial charge in [-0.1, -0.05) is 38.1 Å². The third kappa shape index (κ3) is 9.28. The lowest BCUT2D eigenvalue weighted by atomic mass is 9.71. The second-order valence-corrected chi connectivity index (χ2v) is 19.2. The van der Waals surface area contributed by atoms with Crippen LogP contribution in [0.25, 0.3) is 33.5 Å². The Hall–Kier alpha value is -6.19. The molecule has 4 aliphatic heterocycles. The van der Waals surface area contributed by atoms with Crippen molar-refractivity contribution in [3.05, 3.63) is 89.5 Å².